The zero-order valence-corrected chi connectivity index (χ0v) is 13.5. The molecule has 0 aromatic heterocycles. The average molecular weight is 314 g/mol. The van der Waals surface area contributed by atoms with Gasteiger partial charge in [-0.1, -0.05) is 6.07 Å². The molecule has 0 saturated heterocycles. The van der Waals surface area contributed by atoms with E-state index in [1.54, 1.807) is 7.11 Å². The molecule has 0 atom stereocenters. The number of methoxy groups -OCH3 is 1. The minimum atomic E-state index is -0.0444. The van der Waals surface area contributed by atoms with E-state index in [1.807, 2.05) is 49.4 Å². The number of nitrogens with two attached hydrogens (primary N) is 1. The molecule has 0 radical (unpaired) electrons. The summed E-state index contributed by atoms with van der Waals surface area (Å²) < 4.78 is 10.7. The summed E-state index contributed by atoms with van der Waals surface area (Å²) in [5, 5.41) is 2.87. The summed E-state index contributed by atoms with van der Waals surface area (Å²) >= 11 is 0. The third-order valence-corrected chi connectivity index (χ3v) is 3.53. The van der Waals surface area contributed by atoms with Gasteiger partial charge in [-0.3, -0.25) is 4.79 Å². The molecule has 1 amide bonds. The fourth-order valence-electron chi connectivity index (χ4n) is 2.10. The number of carbonyl (C=O) groups excluding carboxylic acids is 1. The van der Waals surface area contributed by atoms with Gasteiger partial charge >= 0.3 is 0 Å². The number of nitrogens with one attached hydrogen (secondary N) is 1. The van der Waals surface area contributed by atoms with Crippen molar-refractivity contribution in [3.05, 3.63) is 48.0 Å². The Labute approximate surface area is 136 Å². The van der Waals surface area contributed by atoms with Crippen LogP contribution >= 0.6 is 0 Å². The van der Waals surface area contributed by atoms with Crippen LogP contribution in [0.4, 0.5) is 11.4 Å². The number of anilines is 2. The van der Waals surface area contributed by atoms with Gasteiger partial charge in [-0.25, -0.2) is 0 Å². The standard InChI is InChI=1S/C18H22N2O3/c1-13-16(19)5-3-6-17(13)20-18(21)7-4-12-23-15-10-8-14(22-2)9-11-15/h3,5-6,8-11H,4,7,12,19H2,1-2H3,(H,20,21). The summed E-state index contributed by atoms with van der Waals surface area (Å²) in [6, 6.07) is 12.8. The van der Waals surface area contributed by atoms with Crippen molar-refractivity contribution in [3.63, 3.8) is 0 Å². The second-order valence-electron chi connectivity index (χ2n) is 5.20. The topological polar surface area (TPSA) is 73.6 Å². The lowest BCUT2D eigenvalue weighted by Crippen LogP contribution is -2.14. The summed E-state index contributed by atoms with van der Waals surface area (Å²) in [5.41, 5.74) is 8.13. The maximum absolute atomic E-state index is 11.9. The first-order valence-electron chi connectivity index (χ1n) is 7.52. The fraction of sp³-hybridized carbons (Fsp3) is 0.278. The Kier molecular flexibility index (Phi) is 5.86. The molecule has 3 N–H and O–H groups in total. The van der Waals surface area contributed by atoms with Gasteiger partial charge in [-0.2, -0.15) is 0 Å². The van der Waals surface area contributed by atoms with Gasteiger partial charge in [-0.15, -0.1) is 0 Å². The van der Waals surface area contributed by atoms with Gasteiger partial charge in [0.2, 0.25) is 5.91 Å². The molecule has 23 heavy (non-hydrogen) atoms. The van der Waals surface area contributed by atoms with Gasteiger partial charge in [0, 0.05) is 17.8 Å². The van der Waals surface area contributed by atoms with E-state index in [4.69, 9.17) is 15.2 Å². The number of nitrogen functional groups attached to an aromatic ring is 1. The first-order valence-corrected chi connectivity index (χ1v) is 7.52. The Morgan fingerprint density at radius 1 is 1.13 bits per heavy atom. The summed E-state index contributed by atoms with van der Waals surface area (Å²) in [7, 11) is 1.62. The lowest BCUT2D eigenvalue weighted by molar-refractivity contribution is -0.116. The predicted molar refractivity (Wildman–Crippen MR) is 91.9 cm³/mol. The van der Waals surface area contributed by atoms with Crippen molar-refractivity contribution in [2.24, 2.45) is 0 Å². The van der Waals surface area contributed by atoms with E-state index < -0.39 is 0 Å². The van der Waals surface area contributed by atoms with E-state index in [2.05, 4.69) is 5.32 Å². The van der Waals surface area contributed by atoms with Crippen LogP contribution in [0.25, 0.3) is 0 Å². The predicted octanol–water partition coefficient (Wildman–Crippen LogP) is 3.38. The van der Waals surface area contributed by atoms with Crippen LogP contribution in [-0.4, -0.2) is 19.6 Å². The van der Waals surface area contributed by atoms with E-state index in [9.17, 15) is 4.79 Å². The highest BCUT2D eigenvalue weighted by Crippen LogP contribution is 2.21. The van der Waals surface area contributed by atoms with Crippen molar-refractivity contribution < 1.29 is 14.3 Å². The van der Waals surface area contributed by atoms with E-state index in [0.717, 1.165) is 22.7 Å². The number of hydrogen-bond donors (Lipinski definition) is 2. The number of rotatable bonds is 7. The molecule has 0 spiro atoms. The van der Waals surface area contributed by atoms with E-state index in [1.165, 1.54) is 0 Å². The van der Waals surface area contributed by atoms with Gasteiger partial charge in [0.05, 0.1) is 13.7 Å². The Morgan fingerprint density at radius 3 is 2.52 bits per heavy atom. The van der Waals surface area contributed by atoms with Crippen molar-refractivity contribution >= 4 is 17.3 Å². The molecule has 5 nitrogen and oxygen atoms in total. The Morgan fingerprint density at radius 2 is 1.83 bits per heavy atom. The molecule has 0 fully saturated rings. The van der Waals surface area contributed by atoms with Crippen LogP contribution < -0.4 is 20.5 Å². The van der Waals surface area contributed by atoms with Crippen LogP contribution in [0.5, 0.6) is 11.5 Å². The SMILES string of the molecule is COc1ccc(OCCCC(=O)Nc2cccc(N)c2C)cc1. The Bertz CT molecular complexity index is 654. The average Bonchev–Trinajstić information content (AvgIpc) is 2.56. The zero-order valence-electron chi connectivity index (χ0n) is 13.5. The molecule has 0 bridgehead atoms. The van der Waals surface area contributed by atoms with E-state index >= 15 is 0 Å². The Hall–Kier alpha value is -2.69. The minimum Gasteiger partial charge on any atom is -0.497 e. The summed E-state index contributed by atoms with van der Waals surface area (Å²) in [4.78, 5) is 11.9. The number of amides is 1. The van der Waals surface area contributed by atoms with Crippen LogP contribution in [-0.2, 0) is 4.79 Å². The maximum atomic E-state index is 11.9. The van der Waals surface area contributed by atoms with Crippen LogP contribution in [0.1, 0.15) is 18.4 Å². The summed E-state index contributed by atoms with van der Waals surface area (Å²) in [6.07, 6.45) is 1.03. The second kappa shape index (κ2) is 8.08. The molecule has 0 aliphatic carbocycles. The van der Waals surface area contributed by atoms with Gasteiger partial charge in [0.25, 0.3) is 0 Å². The maximum Gasteiger partial charge on any atom is 0.224 e. The van der Waals surface area contributed by atoms with Crippen molar-refractivity contribution in [1.29, 1.82) is 0 Å². The van der Waals surface area contributed by atoms with Crippen LogP contribution in [0.15, 0.2) is 42.5 Å². The minimum absolute atomic E-state index is 0.0444. The number of ether oxygens (including phenoxy) is 2. The highest BCUT2D eigenvalue weighted by molar-refractivity contribution is 5.92. The molecule has 5 heteroatoms. The molecule has 2 rings (SSSR count). The molecular weight excluding hydrogens is 292 g/mol. The van der Waals surface area contributed by atoms with Crippen LogP contribution in [0, 0.1) is 6.92 Å². The van der Waals surface area contributed by atoms with Gasteiger partial charge in [-0.05, 0) is 55.3 Å². The highest BCUT2D eigenvalue weighted by Gasteiger charge is 2.06. The number of carbonyl (C=O) groups is 1. The first kappa shape index (κ1) is 16.7. The summed E-state index contributed by atoms with van der Waals surface area (Å²) in [6.45, 7) is 2.37. The van der Waals surface area contributed by atoms with Crippen molar-refractivity contribution in [3.8, 4) is 11.5 Å². The first-order chi connectivity index (χ1) is 11.1. The lowest BCUT2D eigenvalue weighted by atomic mass is 10.1. The molecule has 0 aliphatic rings. The molecule has 0 saturated carbocycles. The Balaban J connectivity index is 1.73. The van der Waals surface area contributed by atoms with Crippen LogP contribution in [0.3, 0.4) is 0 Å². The molecule has 122 valence electrons. The van der Waals surface area contributed by atoms with Gasteiger partial charge in [0.15, 0.2) is 0 Å². The van der Waals surface area contributed by atoms with Crippen molar-refractivity contribution in [1.82, 2.24) is 0 Å². The van der Waals surface area contributed by atoms with Gasteiger partial charge < -0.3 is 20.5 Å². The van der Waals surface area contributed by atoms with Crippen molar-refractivity contribution in [2.45, 2.75) is 19.8 Å². The number of hydrogen-bond acceptors (Lipinski definition) is 4. The smallest absolute Gasteiger partial charge is 0.224 e. The lowest BCUT2D eigenvalue weighted by Gasteiger charge is -2.10. The van der Waals surface area contributed by atoms with E-state index in [0.29, 0.717) is 25.1 Å². The van der Waals surface area contributed by atoms with Crippen molar-refractivity contribution in [2.75, 3.05) is 24.8 Å². The highest BCUT2D eigenvalue weighted by atomic mass is 16.5. The van der Waals surface area contributed by atoms with E-state index in [-0.39, 0.29) is 5.91 Å². The van der Waals surface area contributed by atoms with Crippen LogP contribution in [0.2, 0.25) is 0 Å². The third-order valence-electron chi connectivity index (χ3n) is 3.53. The monoisotopic (exact) mass is 314 g/mol. The molecule has 0 heterocycles. The third kappa shape index (κ3) is 4.92. The second-order valence-corrected chi connectivity index (χ2v) is 5.20. The molecular formula is C18H22N2O3. The largest absolute Gasteiger partial charge is 0.497 e. The summed E-state index contributed by atoms with van der Waals surface area (Å²) in [5.74, 6) is 1.50. The van der Waals surface area contributed by atoms with Gasteiger partial charge in [0.1, 0.15) is 11.5 Å². The fourth-order valence-corrected chi connectivity index (χ4v) is 2.10. The molecule has 2 aromatic carbocycles. The number of benzene rings is 2. The molecule has 0 unspecified atom stereocenters. The normalized spacial score (nSPS) is 10.2. The quantitative estimate of drug-likeness (QED) is 0.607. The molecule has 0 aliphatic heterocycles. The molecule has 2 aromatic rings. The zero-order chi connectivity index (χ0) is 16.7.